The van der Waals surface area contributed by atoms with Gasteiger partial charge in [-0.2, -0.15) is 0 Å². The summed E-state index contributed by atoms with van der Waals surface area (Å²) in [5.74, 6) is -1.23. The van der Waals surface area contributed by atoms with Crippen LogP contribution in [0, 0.1) is 0 Å². The summed E-state index contributed by atoms with van der Waals surface area (Å²) in [6, 6.07) is 13.3. The van der Waals surface area contributed by atoms with Crippen molar-refractivity contribution in [3.05, 3.63) is 58.3 Å². The monoisotopic (exact) mass is 528 g/mol. The molecule has 172 valence electrons. The minimum Gasteiger partial charge on any atom is -0.326 e. The summed E-state index contributed by atoms with van der Waals surface area (Å²) >= 11 is 12.9. The van der Waals surface area contributed by atoms with Gasteiger partial charge in [0.15, 0.2) is 8.64 Å². The van der Waals surface area contributed by atoms with Crippen molar-refractivity contribution in [1.82, 2.24) is 0 Å². The Balaban J connectivity index is 1.59. The maximum atomic E-state index is 13.2. The van der Waals surface area contributed by atoms with Crippen LogP contribution >= 0.6 is 48.0 Å². The van der Waals surface area contributed by atoms with Crippen LogP contribution in [-0.4, -0.2) is 32.3 Å². The van der Waals surface area contributed by atoms with Crippen molar-refractivity contribution in [3.8, 4) is 0 Å². The van der Waals surface area contributed by atoms with Gasteiger partial charge in [-0.15, -0.1) is 0 Å². The summed E-state index contributed by atoms with van der Waals surface area (Å²) in [5, 5.41) is 5.33. The van der Waals surface area contributed by atoms with Crippen LogP contribution in [-0.2, 0) is 19.2 Å². The van der Waals surface area contributed by atoms with Gasteiger partial charge in [-0.3, -0.25) is 29.0 Å². The summed E-state index contributed by atoms with van der Waals surface area (Å²) in [6.07, 6.45) is 0. The lowest BCUT2D eigenvalue weighted by molar-refractivity contribution is -0.115. The lowest BCUT2D eigenvalue weighted by atomic mass is 10.2. The summed E-state index contributed by atoms with van der Waals surface area (Å²) in [4.78, 5) is 52.0. The first-order chi connectivity index (χ1) is 16.2. The molecule has 0 unspecified atom stereocenters. The minimum atomic E-state index is -0.413. The predicted molar refractivity (Wildman–Crippen MR) is 144 cm³/mol. The molecule has 2 heterocycles. The summed E-state index contributed by atoms with van der Waals surface area (Å²) in [5.41, 5.74) is 2.23. The maximum Gasteiger partial charge on any atom is 0.272 e. The highest BCUT2D eigenvalue weighted by Gasteiger charge is 2.43. The fourth-order valence-electron chi connectivity index (χ4n) is 3.25. The predicted octanol–water partition coefficient (Wildman–Crippen LogP) is 4.24. The van der Waals surface area contributed by atoms with Gasteiger partial charge in [-0.25, -0.2) is 0 Å². The number of thiocarbonyl (C=S) groups is 2. The fourth-order valence-corrected chi connectivity index (χ4v) is 6.00. The number of nitrogens with zero attached hydrogens (tertiary/aromatic N) is 2. The van der Waals surface area contributed by atoms with Gasteiger partial charge >= 0.3 is 0 Å². The Bertz CT molecular complexity index is 1190. The molecule has 2 saturated heterocycles. The fraction of sp³-hybridized carbons (Fsp3) is 0.0909. The molecular formula is C22H16N4O4S4. The zero-order valence-corrected chi connectivity index (χ0v) is 21.0. The maximum absolute atomic E-state index is 13.2. The molecule has 34 heavy (non-hydrogen) atoms. The standard InChI is InChI=1S/C22H16N4O4S4/c1-11(27)23-13-3-7-15(8-4-13)25-19(29)17(33-21(25)31)18-20(30)26(22(32)34-18)16-9-5-14(6-10-16)24-12(2)28/h3-10H,1-2H3,(H,23,27)(H,24,28). The van der Waals surface area contributed by atoms with Crippen LogP contribution in [0.4, 0.5) is 22.7 Å². The van der Waals surface area contributed by atoms with Crippen molar-refractivity contribution in [2.24, 2.45) is 0 Å². The Hall–Kier alpha value is -3.06. The van der Waals surface area contributed by atoms with Gasteiger partial charge in [0, 0.05) is 25.2 Å². The lowest BCUT2D eigenvalue weighted by Gasteiger charge is -2.15. The van der Waals surface area contributed by atoms with Crippen molar-refractivity contribution in [2.45, 2.75) is 13.8 Å². The van der Waals surface area contributed by atoms with E-state index in [4.69, 9.17) is 24.4 Å². The molecule has 0 bridgehead atoms. The molecule has 2 aromatic carbocycles. The third-order valence-corrected chi connectivity index (χ3v) is 7.51. The second-order valence-corrected chi connectivity index (χ2v) is 10.4. The molecule has 0 radical (unpaired) electrons. The molecule has 12 heteroatoms. The van der Waals surface area contributed by atoms with Crippen LogP contribution in [0.5, 0.6) is 0 Å². The topological polar surface area (TPSA) is 98.8 Å². The first-order valence-corrected chi connectivity index (χ1v) is 12.2. The van der Waals surface area contributed by atoms with E-state index >= 15 is 0 Å². The Morgan fingerprint density at radius 3 is 1.29 bits per heavy atom. The zero-order valence-electron chi connectivity index (χ0n) is 17.8. The molecule has 0 aliphatic carbocycles. The van der Waals surface area contributed by atoms with Gasteiger partial charge in [0.25, 0.3) is 11.8 Å². The van der Waals surface area contributed by atoms with Gasteiger partial charge in [0.2, 0.25) is 11.8 Å². The van der Waals surface area contributed by atoms with Crippen molar-refractivity contribution in [2.75, 3.05) is 20.4 Å². The molecule has 2 aliphatic heterocycles. The molecule has 8 nitrogen and oxygen atoms in total. The lowest BCUT2D eigenvalue weighted by Crippen LogP contribution is -2.29. The number of hydrogen-bond acceptors (Lipinski definition) is 8. The van der Waals surface area contributed by atoms with Crippen LogP contribution in [0.25, 0.3) is 0 Å². The Labute approximate surface area is 214 Å². The zero-order chi connectivity index (χ0) is 24.6. The number of carbonyl (C=O) groups excluding carboxylic acids is 4. The molecule has 4 rings (SSSR count). The number of hydrogen-bond donors (Lipinski definition) is 2. The molecule has 0 saturated carbocycles. The van der Waals surface area contributed by atoms with E-state index in [2.05, 4.69) is 10.6 Å². The highest BCUT2D eigenvalue weighted by Crippen LogP contribution is 2.44. The second kappa shape index (κ2) is 9.66. The molecule has 0 aromatic heterocycles. The van der Waals surface area contributed by atoms with E-state index in [0.717, 1.165) is 23.5 Å². The van der Waals surface area contributed by atoms with E-state index in [1.54, 1.807) is 48.5 Å². The average molecular weight is 529 g/mol. The van der Waals surface area contributed by atoms with E-state index in [1.165, 1.54) is 23.6 Å². The smallest absolute Gasteiger partial charge is 0.272 e. The van der Waals surface area contributed by atoms with Gasteiger partial charge in [-0.05, 0) is 48.5 Å². The van der Waals surface area contributed by atoms with Gasteiger partial charge in [0.1, 0.15) is 0 Å². The molecule has 2 aromatic rings. The van der Waals surface area contributed by atoms with Crippen LogP contribution < -0.4 is 20.4 Å². The number of amides is 4. The minimum absolute atomic E-state index is 0.204. The van der Waals surface area contributed by atoms with Crippen LogP contribution in [0.1, 0.15) is 13.8 Å². The van der Waals surface area contributed by atoms with E-state index in [1.807, 2.05) is 0 Å². The van der Waals surface area contributed by atoms with E-state index in [-0.39, 0.29) is 30.3 Å². The van der Waals surface area contributed by atoms with Gasteiger partial charge in [-0.1, -0.05) is 48.0 Å². The third kappa shape index (κ3) is 4.75. The molecular weight excluding hydrogens is 513 g/mol. The molecule has 0 atom stereocenters. The molecule has 2 fully saturated rings. The van der Waals surface area contributed by atoms with Gasteiger partial charge in [0.05, 0.1) is 21.2 Å². The van der Waals surface area contributed by atoms with Crippen molar-refractivity contribution in [3.63, 3.8) is 0 Å². The van der Waals surface area contributed by atoms with E-state index in [0.29, 0.717) is 22.7 Å². The van der Waals surface area contributed by atoms with Crippen LogP contribution in [0.15, 0.2) is 58.3 Å². The van der Waals surface area contributed by atoms with Gasteiger partial charge < -0.3 is 10.6 Å². The highest BCUT2D eigenvalue weighted by atomic mass is 32.2. The number of carbonyl (C=O) groups is 4. The van der Waals surface area contributed by atoms with Crippen molar-refractivity contribution >= 4 is 103 Å². The largest absolute Gasteiger partial charge is 0.326 e. The van der Waals surface area contributed by atoms with E-state index < -0.39 is 11.8 Å². The quantitative estimate of drug-likeness (QED) is 0.449. The second-order valence-electron chi connectivity index (χ2n) is 7.13. The first kappa shape index (κ1) is 24.1. The summed E-state index contributed by atoms with van der Waals surface area (Å²) in [6.45, 7) is 2.81. The van der Waals surface area contributed by atoms with E-state index in [9.17, 15) is 19.2 Å². The highest BCUT2D eigenvalue weighted by molar-refractivity contribution is 8.30. The molecule has 4 amide bonds. The number of thioether (sulfide) groups is 2. The normalized spacial score (nSPS) is 18.1. The number of benzene rings is 2. The average Bonchev–Trinajstić information content (AvgIpc) is 3.23. The Morgan fingerprint density at radius 1 is 0.676 bits per heavy atom. The number of nitrogens with one attached hydrogen (secondary N) is 2. The Kier molecular flexibility index (Phi) is 6.84. The number of anilines is 4. The summed E-state index contributed by atoms with van der Waals surface area (Å²) < 4.78 is 0.578. The van der Waals surface area contributed by atoms with Crippen molar-refractivity contribution < 1.29 is 19.2 Å². The van der Waals surface area contributed by atoms with Crippen LogP contribution in [0.2, 0.25) is 0 Å². The SMILES string of the molecule is CC(=O)Nc1ccc(N2C(=O)C(=C3SC(=S)N(c4ccc(NC(C)=O)cc4)C3=O)SC2=S)cc1. The molecule has 2 aliphatic rings. The third-order valence-electron chi connectivity index (χ3n) is 4.64. The van der Waals surface area contributed by atoms with Crippen molar-refractivity contribution in [1.29, 1.82) is 0 Å². The van der Waals surface area contributed by atoms with Crippen LogP contribution in [0.3, 0.4) is 0 Å². The Morgan fingerprint density at radius 2 is 1.00 bits per heavy atom. The number of rotatable bonds is 4. The molecule has 0 spiro atoms. The molecule has 2 N–H and O–H groups in total. The first-order valence-electron chi connectivity index (χ1n) is 9.78. The summed E-state index contributed by atoms with van der Waals surface area (Å²) in [7, 11) is 0.